The molecule has 146 valence electrons. The van der Waals surface area contributed by atoms with E-state index in [2.05, 4.69) is 126 Å². The summed E-state index contributed by atoms with van der Waals surface area (Å²) >= 11 is 5.06. The van der Waals surface area contributed by atoms with Gasteiger partial charge in [0.2, 0.25) is 0 Å². The summed E-state index contributed by atoms with van der Waals surface area (Å²) in [4.78, 5) is 0. The van der Waals surface area contributed by atoms with Gasteiger partial charge in [-0.3, -0.25) is 0 Å². The number of hydrogen-bond acceptors (Lipinski definition) is 0. The number of benzene rings is 2. The van der Waals surface area contributed by atoms with Crippen LogP contribution in [0, 0.1) is 34.6 Å². The first-order valence-corrected chi connectivity index (χ1v) is 24.2. The van der Waals surface area contributed by atoms with Crippen molar-refractivity contribution in [1.82, 2.24) is 0 Å². The molecule has 0 aromatic heterocycles. The predicted octanol–water partition coefficient (Wildman–Crippen LogP) is 8.99. The first-order valence-electron chi connectivity index (χ1n) is 9.58. The molecule has 4 aromatic rings. The molecule has 0 aliphatic carbocycles. The molecular weight excluding hydrogens is 645 g/mol. The Balaban J connectivity index is 0.000000181. The summed E-state index contributed by atoms with van der Waals surface area (Å²) in [6, 6.07) is 17.4. The zero-order valence-corrected chi connectivity index (χ0v) is 24.4. The van der Waals surface area contributed by atoms with E-state index in [1.807, 2.05) is 0 Å². The number of fused-ring (bicyclic) bond motifs is 3. The van der Waals surface area contributed by atoms with Crippen LogP contribution in [0.15, 0.2) is 48.5 Å². The number of hydrogen-bond donors (Lipinski definition) is 0. The van der Waals surface area contributed by atoms with Crippen molar-refractivity contribution >= 4 is 57.6 Å². The van der Waals surface area contributed by atoms with Crippen molar-refractivity contribution in [2.24, 2.45) is 0 Å². The molecule has 0 saturated heterocycles. The van der Waals surface area contributed by atoms with E-state index in [1.54, 1.807) is 5.56 Å². The third kappa shape index (κ3) is 5.57. The fourth-order valence-corrected chi connectivity index (χ4v) is 3.94. The van der Waals surface area contributed by atoms with Crippen LogP contribution in [0.25, 0.3) is 21.5 Å². The molecule has 0 aliphatic heterocycles. The molecule has 28 heavy (non-hydrogen) atoms. The molecule has 0 bridgehead atoms. The van der Waals surface area contributed by atoms with Gasteiger partial charge >= 0.3 is 50.9 Å². The Labute approximate surface area is 200 Å². The van der Waals surface area contributed by atoms with E-state index in [4.69, 9.17) is 0 Å². The maximum atomic E-state index is 2.45. The molecule has 0 amide bonds. The van der Waals surface area contributed by atoms with Crippen LogP contribution in [0.4, 0.5) is 0 Å². The zero-order valence-electron chi connectivity index (χ0n) is 17.6. The van der Waals surface area contributed by atoms with Crippen molar-refractivity contribution in [3.05, 3.63) is 81.9 Å². The third-order valence-corrected chi connectivity index (χ3v) is 5.71. The van der Waals surface area contributed by atoms with Gasteiger partial charge in [-0.15, -0.1) is 28.5 Å². The van der Waals surface area contributed by atoms with Gasteiger partial charge in [0.05, 0.1) is 0 Å². The van der Waals surface area contributed by atoms with E-state index in [0.717, 1.165) is 0 Å². The summed E-state index contributed by atoms with van der Waals surface area (Å²) in [7, 11) is 0. The van der Waals surface area contributed by atoms with Crippen molar-refractivity contribution in [3.8, 4) is 0 Å². The van der Waals surface area contributed by atoms with E-state index in [9.17, 15) is 0 Å². The fraction of sp³-hybridized carbons (Fsp3) is 0.280. The summed E-state index contributed by atoms with van der Waals surface area (Å²) in [5.41, 5.74) is 8.88. The van der Waals surface area contributed by atoms with E-state index < -0.39 is 0 Å². The zero-order chi connectivity index (χ0) is 20.8. The van der Waals surface area contributed by atoms with Gasteiger partial charge in [0, 0.05) is 0 Å². The third-order valence-electron chi connectivity index (χ3n) is 5.71. The van der Waals surface area contributed by atoms with Gasteiger partial charge in [0.1, 0.15) is 0 Å². The van der Waals surface area contributed by atoms with E-state index in [0.29, 0.717) is 0 Å². The number of aryl methyl sites for hydroxylation is 1. The molecule has 0 spiro atoms. The average Bonchev–Trinajstić information content (AvgIpc) is 3.16. The summed E-state index contributed by atoms with van der Waals surface area (Å²) in [5, 5.41) is 5.41. The molecule has 0 N–H and O–H groups in total. The van der Waals surface area contributed by atoms with Gasteiger partial charge in [-0.1, -0.05) is 89.1 Å². The molecule has 0 unspecified atom stereocenters. The minimum absolute atomic E-state index is 0.170. The van der Waals surface area contributed by atoms with Crippen LogP contribution in [0.1, 0.15) is 40.3 Å². The molecule has 0 nitrogen and oxygen atoms in total. The molecule has 0 fully saturated rings. The van der Waals surface area contributed by atoms with Crippen LogP contribution < -0.4 is 0 Å². The molecule has 4 rings (SSSR count). The van der Waals surface area contributed by atoms with Crippen molar-refractivity contribution in [2.75, 3.05) is 0 Å². The quantitative estimate of drug-likeness (QED) is 0.140. The standard InChI is InChI=1S/C14H11.C11H17.2HI.Zr/c1-10-8-12-7-6-11-4-2-3-5-13(11)14(12)9-10;1-6-11-9(4)7(2)8(3)10(11)5;;;/h2-9H,1H3;6H2,1-5H3;2*1H;/q2*-1;;;+4/p-2. The van der Waals surface area contributed by atoms with Crippen molar-refractivity contribution in [1.29, 1.82) is 0 Å². The topological polar surface area (TPSA) is 0 Å². The van der Waals surface area contributed by atoms with E-state index in [-0.39, 0.29) is 14.9 Å². The molecule has 0 radical (unpaired) electrons. The Morgan fingerprint density at radius 1 is 0.857 bits per heavy atom. The molecule has 0 atom stereocenters. The summed E-state index contributed by atoms with van der Waals surface area (Å²) in [6.45, 7) is 13.3. The van der Waals surface area contributed by atoms with Gasteiger partial charge in [0.25, 0.3) is 0 Å². The second-order valence-corrected chi connectivity index (χ2v) is 26.2. The molecule has 0 saturated carbocycles. The minimum atomic E-state index is 0.170. The van der Waals surface area contributed by atoms with E-state index in [1.165, 1.54) is 55.8 Å². The molecular formula is C25H28I2Zr. The second-order valence-electron chi connectivity index (χ2n) is 7.23. The van der Waals surface area contributed by atoms with Crippen LogP contribution in [-0.2, 0) is 21.3 Å². The molecule has 3 heteroatoms. The normalized spacial score (nSPS) is 10.1. The first kappa shape index (κ1) is 24.3. The summed E-state index contributed by atoms with van der Waals surface area (Å²) in [6.07, 6.45) is 1.17. The average molecular weight is 674 g/mol. The van der Waals surface area contributed by atoms with Gasteiger partial charge < -0.3 is 0 Å². The summed E-state index contributed by atoms with van der Waals surface area (Å²) in [5.74, 6) is 0. The Hall–Kier alpha value is 0.00312. The fourth-order valence-electron chi connectivity index (χ4n) is 3.94. The Morgan fingerprint density at radius 3 is 1.93 bits per heavy atom. The van der Waals surface area contributed by atoms with E-state index >= 15 is 0 Å². The van der Waals surface area contributed by atoms with Crippen LogP contribution in [0.3, 0.4) is 0 Å². The molecule has 0 heterocycles. The number of halogens is 2. The van der Waals surface area contributed by atoms with Crippen LogP contribution in [-0.4, -0.2) is 0 Å². The predicted molar refractivity (Wildman–Crippen MR) is 140 cm³/mol. The molecule has 0 aliphatic rings. The van der Waals surface area contributed by atoms with Gasteiger partial charge in [-0.25, -0.2) is 0 Å². The van der Waals surface area contributed by atoms with Gasteiger partial charge in [0.15, 0.2) is 0 Å². The van der Waals surface area contributed by atoms with Crippen molar-refractivity contribution in [2.45, 2.75) is 48.0 Å². The maximum absolute atomic E-state index is 2.45. The SMILES string of the molecule is CC[c-]1c(C)c(C)c(C)c1C.Cc1cc2ccc3ccccc3c2[cH-]1.[I][Zr+2][I]. The Kier molecular flexibility index (Phi) is 9.89. The second kappa shape index (κ2) is 11.4. The first-order chi connectivity index (χ1) is 13.3. The van der Waals surface area contributed by atoms with Crippen LogP contribution >= 0.6 is 36.1 Å². The Morgan fingerprint density at radius 2 is 1.39 bits per heavy atom. The van der Waals surface area contributed by atoms with Crippen LogP contribution in [0.5, 0.6) is 0 Å². The van der Waals surface area contributed by atoms with Crippen LogP contribution in [0.2, 0.25) is 0 Å². The molecule has 4 aromatic carbocycles. The monoisotopic (exact) mass is 672 g/mol. The van der Waals surface area contributed by atoms with Gasteiger partial charge in [-0.2, -0.15) is 33.9 Å². The number of rotatable bonds is 1. The Bertz CT molecular complexity index is 1030. The van der Waals surface area contributed by atoms with Crippen molar-refractivity contribution in [3.63, 3.8) is 0 Å². The van der Waals surface area contributed by atoms with Gasteiger partial charge in [-0.05, 0) is 0 Å². The van der Waals surface area contributed by atoms with Crippen molar-refractivity contribution < 1.29 is 14.9 Å². The summed E-state index contributed by atoms with van der Waals surface area (Å²) < 4.78 is 0.